The Labute approximate surface area is 123 Å². The van der Waals surface area contributed by atoms with Crippen LogP contribution in [0.3, 0.4) is 0 Å². The average Bonchev–Trinajstić information content (AvgIpc) is 2.49. The zero-order valence-electron chi connectivity index (χ0n) is 13.5. The first-order chi connectivity index (χ1) is 9.76. The van der Waals surface area contributed by atoms with Crippen LogP contribution in [0.2, 0.25) is 0 Å². The summed E-state index contributed by atoms with van der Waals surface area (Å²) in [7, 11) is 3.52. The molecule has 1 heterocycles. The van der Waals surface area contributed by atoms with Gasteiger partial charge in [-0.05, 0) is 24.8 Å². The molecule has 0 spiro atoms. The van der Waals surface area contributed by atoms with Gasteiger partial charge < -0.3 is 19.5 Å². The van der Waals surface area contributed by atoms with E-state index in [2.05, 4.69) is 17.1 Å². The van der Waals surface area contributed by atoms with Gasteiger partial charge in [0.2, 0.25) is 0 Å². The third kappa shape index (κ3) is 6.50. The molecule has 0 saturated carbocycles. The number of methoxy groups -OCH3 is 2. The number of rotatable bonds is 11. The van der Waals surface area contributed by atoms with Gasteiger partial charge in [-0.25, -0.2) is 0 Å². The summed E-state index contributed by atoms with van der Waals surface area (Å²) in [5.74, 6) is 0. The van der Waals surface area contributed by atoms with Gasteiger partial charge in [-0.2, -0.15) is 0 Å². The monoisotopic (exact) mass is 288 g/mol. The highest BCUT2D eigenvalue weighted by atomic mass is 16.5. The van der Waals surface area contributed by atoms with E-state index in [4.69, 9.17) is 14.2 Å². The van der Waals surface area contributed by atoms with Crippen LogP contribution in [0.1, 0.15) is 19.8 Å². The van der Waals surface area contributed by atoms with Gasteiger partial charge in [-0.1, -0.05) is 6.92 Å². The first-order valence-corrected chi connectivity index (χ1v) is 7.75. The van der Waals surface area contributed by atoms with Crippen molar-refractivity contribution in [3.63, 3.8) is 0 Å². The van der Waals surface area contributed by atoms with Crippen LogP contribution in [0.5, 0.6) is 0 Å². The molecular weight excluding hydrogens is 256 g/mol. The maximum atomic E-state index is 5.55. The molecule has 120 valence electrons. The molecule has 1 aliphatic heterocycles. The molecule has 0 bridgehead atoms. The Balaban J connectivity index is 2.56. The first-order valence-electron chi connectivity index (χ1n) is 7.75. The Bertz CT molecular complexity index is 225. The van der Waals surface area contributed by atoms with Crippen molar-refractivity contribution < 1.29 is 14.2 Å². The zero-order valence-corrected chi connectivity index (χ0v) is 13.5. The van der Waals surface area contributed by atoms with Crippen LogP contribution in [-0.2, 0) is 14.2 Å². The van der Waals surface area contributed by atoms with Gasteiger partial charge in [0.05, 0.1) is 13.2 Å². The second kappa shape index (κ2) is 10.5. The van der Waals surface area contributed by atoms with Crippen molar-refractivity contribution in [1.29, 1.82) is 0 Å². The molecule has 0 amide bonds. The van der Waals surface area contributed by atoms with E-state index in [1.807, 2.05) is 0 Å². The fraction of sp³-hybridized carbons (Fsp3) is 1.00. The Morgan fingerprint density at radius 2 is 1.70 bits per heavy atom. The summed E-state index contributed by atoms with van der Waals surface area (Å²) in [5.41, 5.74) is 0.329. The summed E-state index contributed by atoms with van der Waals surface area (Å²) in [6.45, 7) is 10.6. The van der Waals surface area contributed by atoms with E-state index in [9.17, 15) is 0 Å². The lowest BCUT2D eigenvalue weighted by Crippen LogP contribution is -2.48. The molecule has 0 aromatic carbocycles. The third-order valence-corrected chi connectivity index (χ3v) is 4.09. The van der Waals surface area contributed by atoms with Crippen molar-refractivity contribution >= 4 is 0 Å². The summed E-state index contributed by atoms with van der Waals surface area (Å²) in [6, 6.07) is 0. The van der Waals surface area contributed by atoms with Crippen molar-refractivity contribution in [2.45, 2.75) is 19.8 Å². The molecule has 20 heavy (non-hydrogen) atoms. The highest BCUT2D eigenvalue weighted by Crippen LogP contribution is 2.31. The smallest absolute Gasteiger partial charge is 0.0589 e. The van der Waals surface area contributed by atoms with Crippen molar-refractivity contribution in [2.24, 2.45) is 5.41 Å². The molecule has 1 fully saturated rings. The standard InChI is InChI=1S/C15H32N2O3/c1-4-16-13-15(5-9-20-10-6-15)14-17(7-11-18-2)8-12-19-3/h16H,4-14H2,1-3H3. The molecule has 1 N–H and O–H groups in total. The van der Waals surface area contributed by atoms with Crippen LogP contribution in [-0.4, -0.2) is 78.3 Å². The van der Waals surface area contributed by atoms with E-state index in [0.717, 1.165) is 72.0 Å². The van der Waals surface area contributed by atoms with E-state index >= 15 is 0 Å². The average molecular weight is 288 g/mol. The largest absolute Gasteiger partial charge is 0.383 e. The predicted octanol–water partition coefficient (Wildman–Crippen LogP) is 0.988. The van der Waals surface area contributed by atoms with Crippen LogP contribution in [0.25, 0.3) is 0 Å². The van der Waals surface area contributed by atoms with E-state index in [1.54, 1.807) is 14.2 Å². The van der Waals surface area contributed by atoms with E-state index < -0.39 is 0 Å². The van der Waals surface area contributed by atoms with Gasteiger partial charge >= 0.3 is 0 Å². The van der Waals surface area contributed by atoms with Gasteiger partial charge in [0, 0.05) is 53.6 Å². The van der Waals surface area contributed by atoms with Crippen LogP contribution < -0.4 is 5.32 Å². The summed E-state index contributed by atoms with van der Waals surface area (Å²) in [5, 5.41) is 3.53. The minimum absolute atomic E-state index is 0.329. The molecule has 1 saturated heterocycles. The summed E-state index contributed by atoms with van der Waals surface area (Å²) in [4.78, 5) is 2.47. The molecule has 5 heteroatoms. The third-order valence-electron chi connectivity index (χ3n) is 4.09. The van der Waals surface area contributed by atoms with Crippen LogP contribution in [0.4, 0.5) is 0 Å². The number of nitrogens with one attached hydrogen (secondary N) is 1. The highest BCUT2D eigenvalue weighted by molar-refractivity contribution is 4.87. The van der Waals surface area contributed by atoms with Crippen molar-refractivity contribution in [3.05, 3.63) is 0 Å². The predicted molar refractivity (Wildman–Crippen MR) is 81.2 cm³/mol. The second-order valence-electron chi connectivity index (χ2n) is 5.65. The zero-order chi connectivity index (χ0) is 14.7. The normalized spacial score (nSPS) is 18.6. The molecule has 1 aliphatic rings. The topological polar surface area (TPSA) is 43.0 Å². The minimum Gasteiger partial charge on any atom is -0.383 e. The van der Waals surface area contributed by atoms with E-state index in [-0.39, 0.29) is 0 Å². The Hall–Kier alpha value is -0.200. The lowest BCUT2D eigenvalue weighted by Gasteiger charge is -2.41. The number of nitrogens with zero attached hydrogens (tertiary/aromatic N) is 1. The molecule has 0 aliphatic carbocycles. The quantitative estimate of drug-likeness (QED) is 0.614. The van der Waals surface area contributed by atoms with Crippen molar-refractivity contribution in [3.8, 4) is 0 Å². The van der Waals surface area contributed by atoms with Gasteiger partial charge in [-0.3, -0.25) is 4.90 Å². The number of hydrogen-bond acceptors (Lipinski definition) is 5. The fourth-order valence-electron chi connectivity index (χ4n) is 2.77. The fourth-order valence-corrected chi connectivity index (χ4v) is 2.77. The van der Waals surface area contributed by atoms with Gasteiger partial charge in [-0.15, -0.1) is 0 Å². The molecule has 0 radical (unpaired) electrons. The van der Waals surface area contributed by atoms with E-state index in [0.29, 0.717) is 5.41 Å². The minimum atomic E-state index is 0.329. The maximum Gasteiger partial charge on any atom is 0.0589 e. The Kier molecular flexibility index (Phi) is 9.39. The summed E-state index contributed by atoms with van der Waals surface area (Å²) >= 11 is 0. The SMILES string of the molecule is CCNCC1(CN(CCOC)CCOC)CCOCC1. The Morgan fingerprint density at radius 1 is 1.10 bits per heavy atom. The Morgan fingerprint density at radius 3 is 2.20 bits per heavy atom. The van der Waals surface area contributed by atoms with Crippen molar-refractivity contribution in [1.82, 2.24) is 10.2 Å². The van der Waals surface area contributed by atoms with Gasteiger partial charge in [0.25, 0.3) is 0 Å². The summed E-state index contributed by atoms with van der Waals surface area (Å²) in [6.07, 6.45) is 2.27. The molecule has 5 nitrogen and oxygen atoms in total. The molecule has 0 atom stereocenters. The maximum absolute atomic E-state index is 5.55. The number of ether oxygens (including phenoxy) is 3. The highest BCUT2D eigenvalue weighted by Gasteiger charge is 2.33. The van der Waals surface area contributed by atoms with E-state index in [1.165, 1.54) is 0 Å². The molecule has 1 rings (SSSR count). The lowest BCUT2D eigenvalue weighted by atomic mass is 9.79. The number of hydrogen-bond donors (Lipinski definition) is 1. The van der Waals surface area contributed by atoms with Crippen LogP contribution >= 0.6 is 0 Å². The molecule has 0 unspecified atom stereocenters. The summed E-state index contributed by atoms with van der Waals surface area (Å²) < 4.78 is 16.0. The van der Waals surface area contributed by atoms with Gasteiger partial charge in [0.1, 0.15) is 0 Å². The van der Waals surface area contributed by atoms with Crippen molar-refractivity contribution in [2.75, 3.05) is 73.4 Å². The molecular formula is C15H32N2O3. The molecule has 0 aromatic rings. The van der Waals surface area contributed by atoms with Crippen LogP contribution in [0.15, 0.2) is 0 Å². The lowest BCUT2D eigenvalue weighted by molar-refractivity contribution is -0.0110. The first kappa shape index (κ1) is 17.9. The second-order valence-corrected chi connectivity index (χ2v) is 5.65. The van der Waals surface area contributed by atoms with Crippen LogP contribution in [0, 0.1) is 5.41 Å². The van der Waals surface area contributed by atoms with Gasteiger partial charge in [0.15, 0.2) is 0 Å². The molecule has 0 aromatic heterocycles.